The van der Waals surface area contributed by atoms with E-state index in [1.165, 1.54) is 10.9 Å². The third kappa shape index (κ3) is 4.22. The predicted molar refractivity (Wildman–Crippen MR) is 113 cm³/mol. The van der Waals surface area contributed by atoms with Gasteiger partial charge in [-0.2, -0.15) is 5.10 Å². The largest absolute Gasteiger partial charge is 0.487 e. The number of benzene rings is 1. The first-order valence-electron chi connectivity index (χ1n) is 9.49. The number of hydrogen-bond acceptors (Lipinski definition) is 6. The number of hydrogen-bond donors (Lipinski definition) is 1. The third-order valence-corrected chi connectivity index (χ3v) is 4.82. The van der Waals surface area contributed by atoms with Crippen molar-refractivity contribution < 1.29 is 14.5 Å². The first-order chi connectivity index (χ1) is 14.8. The lowest BCUT2D eigenvalue weighted by atomic mass is 10.0. The summed E-state index contributed by atoms with van der Waals surface area (Å²) in [7, 11) is 0. The minimum atomic E-state index is -1.12. The predicted octanol–water partition coefficient (Wildman–Crippen LogP) is 3.39. The maximum atomic E-state index is 12.7. The van der Waals surface area contributed by atoms with Gasteiger partial charge in [-0.05, 0) is 50.2 Å². The van der Waals surface area contributed by atoms with Gasteiger partial charge in [-0.15, -0.1) is 0 Å². The van der Waals surface area contributed by atoms with Crippen LogP contribution < -0.4 is 10.1 Å². The molecule has 0 aliphatic rings. The molecule has 0 radical (unpaired) electrons. The molecule has 1 aromatic carbocycles. The summed E-state index contributed by atoms with van der Waals surface area (Å²) >= 11 is 0. The molecule has 31 heavy (non-hydrogen) atoms. The number of rotatable bonds is 7. The van der Waals surface area contributed by atoms with Crippen LogP contribution in [-0.2, 0) is 16.9 Å². The Bertz CT molecular complexity index is 1210. The summed E-state index contributed by atoms with van der Waals surface area (Å²) in [6.45, 7) is 3.58. The zero-order chi connectivity index (χ0) is 22.0. The summed E-state index contributed by atoms with van der Waals surface area (Å²) in [6, 6.07) is 12.7. The van der Waals surface area contributed by atoms with Crippen LogP contribution in [0.2, 0.25) is 0 Å². The number of carbonyl (C=O) groups is 1. The average molecular weight is 420 g/mol. The monoisotopic (exact) mass is 420 g/mol. The topological polar surface area (TPSA) is 117 Å². The van der Waals surface area contributed by atoms with Gasteiger partial charge in [0.05, 0.1) is 10.6 Å². The SMILES string of the molecule is CC(C)(C(=O)Nc1ccc(OCc2cn3ccccc3n2)cc1)n1cc([N+](=O)[O-])cn1. The van der Waals surface area contributed by atoms with Crippen LogP contribution >= 0.6 is 0 Å². The van der Waals surface area contributed by atoms with Crippen molar-refractivity contribution in [3.63, 3.8) is 0 Å². The molecule has 0 unspecified atom stereocenters. The number of fused-ring (bicyclic) bond motifs is 1. The van der Waals surface area contributed by atoms with Crippen molar-refractivity contribution in [2.45, 2.75) is 26.0 Å². The van der Waals surface area contributed by atoms with E-state index in [1.807, 2.05) is 35.0 Å². The van der Waals surface area contributed by atoms with E-state index < -0.39 is 10.5 Å². The van der Waals surface area contributed by atoms with E-state index in [0.717, 1.165) is 17.5 Å². The maximum absolute atomic E-state index is 12.7. The molecule has 158 valence electrons. The van der Waals surface area contributed by atoms with Crippen LogP contribution in [0.1, 0.15) is 19.5 Å². The van der Waals surface area contributed by atoms with Crippen LogP contribution in [0, 0.1) is 10.1 Å². The second kappa shape index (κ2) is 7.90. The van der Waals surface area contributed by atoms with Crippen molar-refractivity contribution in [1.82, 2.24) is 19.2 Å². The molecule has 0 fully saturated rings. The molecule has 0 saturated carbocycles. The standard InChI is InChI=1S/C21H20N6O4/c1-21(2,26-13-17(11-22-26)27(29)30)20(28)24-15-6-8-18(9-7-15)31-14-16-12-25-10-4-3-5-19(25)23-16/h3-13H,14H2,1-2H3,(H,24,28). The van der Waals surface area contributed by atoms with Crippen molar-refractivity contribution in [3.8, 4) is 5.75 Å². The number of anilines is 1. The molecular formula is C21H20N6O4. The van der Waals surface area contributed by atoms with Gasteiger partial charge in [0.15, 0.2) is 0 Å². The molecule has 10 nitrogen and oxygen atoms in total. The summed E-state index contributed by atoms with van der Waals surface area (Å²) in [6.07, 6.45) is 6.18. The summed E-state index contributed by atoms with van der Waals surface area (Å²) in [5, 5.41) is 17.6. The Morgan fingerprint density at radius 3 is 2.65 bits per heavy atom. The second-order valence-electron chi connectivity index (χ2n) is 7.42. The van der Waals surface area contributed by atoms with Crippen LogP contribution in [0.25, 0.3) is 5.65 Å². The van der Waals surface area contributed by atoms with Crippen molar-refractivity contribution in [2.75, 3.05) is 5.32 Å². The van der Waals surface area contributed by atoms with E-state index in [0.29, 0.717) is 18.0 Å². The van der Waals surface area contributed by atoms with Crippen molar-refractivity contribution in [3.05, 3.63) is 83.1 Å². The second-order valence-corrected chi connectivity index (χ2v) is 7.42. The number of nitro groups is 1. The van der Waals surface area contributed by atoms with Crippen LogP contribution in [0.15, 0.2) is 67.3 Å². The Morgan fingerprint density at radius 1 is 1.19 bits per heavy atom. The number of aromatic nitrogens is 4. The number of carbonyl (C=O) groups excluding carboxylic acids is 1. The van der Waals surface area contributed by atoms with E-state index in [4.69, 9.17) is 4.74 Å². The molecule has 0 aliphatic carbocycles. The van der Waals surface area contributed by atoms with E-state index in [9.17, 15) is 14.9 Å². The van der Waals surface area contributed by atoms with Crippen LogP contribution in [0.4, 0.5) is 11.4 Å². The number of ether oxygens (including phenoxy) is 1. The highest BCUT2D eigenvalue weighted by Crippen LogP contribution is 2.22. The minimum absolute atomic E-state index is 0.173. The van der Waals surface area contributed by atoms with Gasteiger partial charge in [-0.25, -0.2) is 4.98 Å². The zero-order valence-electron chi connectivity index (χ0n) is 16.9. The molecule has 10 heteroatoms. The molecular weight excluding hydrogens is 400 g/mol. The molecule has 4 aromatic rings. The Labute approximate surface area is 177 Å². The number of nitrogens with one attached hydrogen (secondary N) is 1. The molecule has 0 saturated heterocycles. The van der Waals surface area contributed by atoms with E-state index in [2.05, 4.69) is 15.4 Å². The number of amides is 1. The molecule has 1 amide bonds. The summed E-state index contributed by atoms with van der Waals surface area (Å²) < 4.78 is 8.97. The van der Waals surface area contributed by atoms with Gasteiger partial charge in [0.25, 0.3) is 5.91 Å². The van der Waals surface area contributed by atoms with Crippen LogP contribution in [0.3, 0.4) is 0 Å². The Morgan fingerprint density at radius 2 is 1.97 bits per heavy atom. The normalized spacial score (nSPS) is 11.4. The molecule has 0 bridgehead atoms. The lowest BCUT2D eigenvalue weighted by molar-refractivity contribution is -0.385. The third-order valence-electron chi connectivity index (χ3n) is 4.82. The van der Waals surface area contributed by atoms with Crippen molar-refractivity contribution in [1.29, 1.82) is 0 Å². The lowest BCUT2D eigenvalue weighted by Crippen LogP contribution is -2.40. The Balaban J connectivity index is 1.38. The minimum Gasteiger partial charge on any atom is -0.487 e. The molecule has 3 heterocycles. The first-order valence-corrected chi connectivity index (χ1v) is 9.49. The van der Waals surface area contributed by atoms with Gasteiger partial charge < -0.3 is 14.5 Å². The number of nitrogens with zero attached hydrogens (tertiary/aromatic N) is 5. The zero-order valence-corrected chi connectivity index (χ0v) is 16.9. The average Bonchev–Trinajstić information content (AvgIpc) is 3.40. The van der Waals surface area contributed by atoms with Gasteiger partial charge in [0, 0.05) is 18.1 Å². The Hall–Kier alpha value is -4.21. The molecule has 0 aliphatic heterocycles. The molecule has 0 atom stereocenters. The van der Waals surface area contributed by atoms with Gasteiger partial charge >= 0.3 is 5.69 Å². The first kappa shape index (κ1) is 20.1. The van der Waals surface area contributed by atoms with Crippen molar-refractivity contribution in [2.24, 2.45) is 0 Å². The fourth-order valence-electron chi connectivity index (χ4n) is 2.95. The highest BCUT2D eigenvalue weighted by molar-refractivity contribution is 5.96. The quantitative estimate of drug-likeness (QED) is 0.362. The molecule has 4 rings (SSSR count). The van der Waals surface area contributed by atoms with Gasteiger partial charge in [-0.3, -0.25) is 19.6 Å². The number of imidazole rings is 1. The molecule has 1 N–H and O–H groups in total. The van der Waals surface area contributed by atoms with Gasteiger partial charge in [-0.1, -0.05) is 6.07 Å². The highest BCUT2D eigenvalue weighted by Gasteiger charge is 2.32. The smallest absolute Gasteiger partial charge is 0.307 e. The van der Waals surface area contributed by atoms with Crippen LogP contribution in [-0.4, -0.2) is 30.0 Å². The molecule has 0 spiro atoms. The summed E-state index contributed by atoms with van der Waals surface area (Å²) in [4.78, 5) is 27.5. The van der Waals surface area contributed by atoms with E-state index >= 15 is 0 Å². The van der Waals surface area contributed by atoms with E-state index in [1.54, 1.807) is 38.1 Å². The highest BCUT2D eigenvalue weighted by atomic mass is 16.6. The van der Waals surface area contributed by atoms with Gasteiger partial charge in [0.1, 0.15) is 35.9 Å². The van der Waals surface area contributed by atoms with Crippen LogP contribution in [0.5, 0.6) is 5.75 Å². The molecule has 3 aromatic heterocycles. The van der Waals surface area contributed by atoms with Gasteiger partial charge in [0.2, 0.25) is 0 Å². The van der Waals surface area contributed by atoms with Crippen molar-refractivity contribution >= 4 is 22.9 Å². The lowest BCUT2D eigenvalue weighted by Gasteiger charge is -2.23. The summed E-state index contributed by atoms with van der Waals surface area (Å²) in [5.74, 6) is 0.279. The fourth-order valence-corrected chi connectivity index (χ4v) is 2.95. The van der Waals surface area contributed by atoms with E-state index in [-0.39, 0.29) is 11.6 Å². The maximum Gasteiger partial charge on any atom is 0.307 e. The Kier molecular flexibility index (Phi) is 5.12. The number of pyridine rings is 1. The fraction of sp³-hybridized carbons (Fsp3) is 0.190. The summed E-state index contributed by atoms with van der Waals surface area (Å²) in [5.41, 5.74) is 0.933.